The second-order valence-electron chi connectivity index (χ2n) is 9.76. The summed E-state index contributed by atoms with van der Waals surface area (Å²) >= 11 is 0. The number of fused-ring (bicyclic) bond motifs is 3. The van der Waals surface area contributed by atoms with Crippen LogP contribution in [0.3, 0.4) is 0 Å². The first-order valence-electron chi connectivity index (χ1n) is 12.9. The van der Waals surface area contributed by atoms with Gasteiger partial charge in [0.1, 0.15) is 6.10 Å². The third kappa shape index (κ3) is 4.61. The number of benzene rings is 1. The molecule has 0 unspecified atom stereocenters. The highest BCUT2D eigenvalue weighted by atomic mass is 16.6. The van der Waals surface area contributed by atoms with Gasteiger partial charge in [0.05, 0.1) is 18.8 Å². The monoisotopic (exact) mass is 480 g/mol. The van der Waals surface area contributed by atoms with Gasteiger partial charge in [-0.15, -0.1) is 0 Å². The number of nitrogens with one attached hydrogen (secondary N) is 2. The summed E-state index contributed by atoms with van der Waals surface area (Å²) in [5.41, 5.74) is 5.65. The average molecular weight is 481 g/mol. The lowest BCUT2D eigenvalue weighted by Crippen LogP contribution is -2.37. The minimum Gasteiger partial charge on any atom is -0.442 e. The minimum atomic E-state index is -0.366. The van der Waals surface area contributed by atoms with Gasteiger partial charge in [-0.2, -0.15) is 5.10 Å². The molecule has 2 saturated heterocycles. The van der Waals surface area contributed by atoms with Gasteiger partial charge >= 0.3 is 6.09 Å². The number of aromatic nitrogens is 2. The molecule has 0 radical (unpaired) electrons. The fourth-order valence-electron chi connectivity index (χ4n) is 5.80. The van der Waals surface area contributed by atoms with Crippen LogP contribution in [0.25, 0.3) is 11.3 Å². The maximum atomic E-state index is 12.5. The standard InChI is InChI=1S/C26H36N6O3/c1-4-30(5-2)20-11-12-31(15-20)25-23-8-6-7-18-13-19(9-10-22(18)24(23)28-29-25)32-16-21(35-26(32)34)14-27-17(3)33/h9-10,13,20-21H,4-8,11-12,14-16H2,1-3H3,(H,27,33)(H,28,29)/t20-,21+/m1/s1. The van der Waals surface area contributed by atoms with Crippen LogP contribution in [-0.4, -0.2) is 78.5 Å². The zero-order chi connectivity index (χ0) is 24.5. The highest BCUT2D eigenvalue weighted by Crippen LogP contribution is 2.38. The second-order valence-corrected chi connectivity index (χ2v) is 9.76. The Hall–Kier alpha value is -3.07. The molecule has 9 heteroatoms. The number of rotatable bonds is 7. The Bertz CT molecular complexity index is 1090. The van der Waals surface area contributed by atoms with Gasteiger partial charge in [-0.1, -0.05) is 19.9 Å². The number of aromatic amines is 1. The largest absolute Gasteiger partial charge is 0.442 e. The van der Waals surface area contributed by atoms with E-state index in [-0.39, 0.29) is 18.1 Å². The molecule has 3 heterocycles. The van der Waals surface area contributed by atoms with Crippen LogP contribution in [0.1, 0.15) is 44.7 Å². The Morgan fingerprint density at radius 2 is 2.09 bits per heavy atom. The van der Waals surface area contributed by atoms with Crippen molar-refractivity contribution in [3.8, 4) is 11.3 Å². The van der Waals surface area contributed by atoms with Crippen LogP contribution in [0, 0.1) is 0 Å². The fourth-order valence-corrected chi connectivity index (χ4v) is 5.80. The van der Waals surface area contributed by atoms with E-state index < -0.39 is 0 Å². The molecule has 1 aliphatic carbocycles. The Labute approximate surface area is 206 Å². The zero-order valence-corrected chi connectivity index (χ0v) is 21.0. The van der Waals surface area contributed by atoms with Crippen LogP contribution in [0.2, 0.25) is 0 Å². The number of ether oxygens (including phenoxy) is 1. The van der Waals surface area contributed by atoms with E-state index in [1.165, 1.54) is 30.0 Å². The summed E-state index contributed by atoms with van der Waals surface area (Å²) in [6.45, 7) is 10.9. The van der Waals surface area contributed by atoms with E-state index in [0.717, 1.165) is 62.6 Å². The molecule has 2 amide bonds. The van der Waals surface area contributed by atoms with Crippen molar-refractivity contribution in [2.24, 2.45) is 0 Å². The molecule has 0 spiro atoms. The summed E-state index contributed by atoms with van der Waals surface area (Å²) in [5, 5.41) is 10.9. The highest BCUT2D eigenvalue weighted by molar-refractivity contribution is 5.90. The number of H-pyrrole nitrogens is 1. The van der Waals surface area contributed by atoms with Crippen LogP contribution < -0.4 is 15.1 Å². The van der Waals surface area contributed by atoms with Crippen molar-refractivity contribution in [1.29, 1.82) is 0 Å². The summed E-state index contributed by atoms with van der Waals surface area (Å²) in [5.74, 6) is 0.979. The number of nitrogens with zero attached hydrogens (tertiary/aromatic N) is 4. The molecule has 1 aromatic heterocycles. The number of aryl methyl sites for hydroxylation is 1. The summed E-state index contributed by atoms with van der Waals surface area (Å²) in [7, 11) is 0. The normalized spacial score (nSPS) is 21.7. The van der Waals surface area contributed by atoms with Crippen LogP contribution in [0.15, 0.2) is 18.2 Å². The van der Waals surface area contributed by atoms with Gasteiger partial charge in [-0.25, -0.2) is 4.79 Å². The van der Waals surface area contributed by atoms with Crippen LogP contribution in [0.4, 0.5) is 16.3 Å². The minimum absolute atomic E-state index is 0.128. The molecule has 2 atom stereocenters. The SMILES string of the molecule is CCN(CC)[C@@H]1CCN(c2n[nH]c3c2CCCc2cc(N4C[C@H](CNC(C)=O)OC4=O)ccc2-3)C1. The van der Waals surface area contributed by atoms with Crippen molar-refractivity contribution in [1.82, 2.24) is 20.4 Å². The molecule has 2 N–H and O–H groups in total. The Morgan fingerprint density at radius 3 is 2.86 bits per heavy atom. The molecule has 0 bridgehead atoms. The maximum absolute atomic E-state index is 12.5. The fraction of sp³-hybridized carbons (Fsp3) is 0.577. The van der Waals surface area contributed by atoms with Crippen LogP contribution in [-0.2, 0) is 22.4 Å². The molecule has 2 aromatic rings. The van der Waals surface area contributed by atoms with Crippen molar-refractivity contribution >= 4 is 23.5 Å². The number of anilines is 2. The number of hydrogen-bond acceptors (Lipinski definition) is 6. The van der Waals surface area contributed by atoms with E-state index in [1.807, 2.05) is 6.07 Å². The van der Waals surface area contributed by atoms with E-state index in [2.05, 4.69) is 46.2 Å². The quantitative estimate of drug-likeness (QED) is 0.633. The van der Waals surface area contributed by atoms with E-state index in [1.54, 1.807) is 4.90 Å². The van der Waals surface area contributed by atoms with Gasteiger partial charge in [-0.05, 0) is 56.5 Å². The Balaban J connectivity index is 1.35. The number of likely N-dealkylation sites (N-methyl/N-ethyl adjacent to an activating group) is 1. The third-order valence-electron chi connectivity index (χ3n) is 7.63. The molecule has 2 aliphatic heterocycles. The van der Waals surface area contributed by atoms with Gasteiger partial charge in [0, 0.05) is 42.9 Å². The van der Waals surface area contributed by atoms with Crippen molar-refractivity contribution < 1.29 is 14.3 Å². The first-order chi connectivity index (χ1) is 17.0. The van der Waals surface area contributed by atoms with Crippen molar-refractivity contribution in [2.75, 3.05) is 49.1 Å². The van der Waals surface area contributed by atoms with Gasteiger partial charge in [0.25, 0.3) is 0 Å². The smallest absolute Gasteiger partial charge is 0.414 e. The first kappa shape index (κ1) is 23.7. The third-order valence-corrected chi connectivity index (χ3v) is 7.63. The lowest BCUT2D eigenvalue weighted by Gasteiger charge is -2.26. The molecule has 3 aliphatic rings. The Morgan fingerprint density at radius 1 is 1.26 bits per heavy atom. The van der Waals surface area contributed by atoms with E-state index >= 15 is 0 Å². The summed E-state index contributed by atoms with van der Waals surface area (Å²) in [4.78, 5) is 30.4. The molecule has 188 valence electrons. The van der Waals surface area contributed by atoms with E-state index in [9.17, 15) is 9.59 Å². The highest BCUT2D eigenvalue weighted by Gasteiger charge is 2.34. The van der Waals surface area contributed by atoms with Gasteiger partial charge in [-0.3, -0.25) is 19.7 Å². The van der Waals surface area contributed by atoms with Gasteiger partial charge in [0.15, 0.2) is 5.82 Å². The van der Waals surface area contributed by atoms with Crippen molar-refractivity contribution in [3.05, 3.63) is 29.3 Å². The van der Waals surface area contributed by atoms with Crippen LogP contribution >= 0.6 is 0 Å². The summed E-state index contributed by atoms with van der Waals surface area (Å²) in [6, 6.07) is 6.79. The molecule has 0 saturated carbocycles. The molecular formula is C26H36N6O3. The molecule has 5 rings (SSSR count). The Kier molecular flexibility index (Phi) is 6.69. The molecule has 2 fully saturated rings. The predicted molar refractivity (Wildman–Crippen MR) is 136 cm³/mol. The number of amides is 2. The molecule has 35 heavy (non-hydrogen) atoms. The average Bonchev–Trinajstić information content (AvgIpc) is 3.55. The molecular weight excluding hydrogens is 444 g/mol. The number of hydrogen-bond donors (Lipinski definition) is 2. The summed E-state index contributed by atoms with van der Waals surface area (Å²) < 4.78 is 5.45. The topological polar surface area (TPSA) is 93.8 Å². The number of cyclic esters (lactones) is 1. The predicted octanol–water partition coefficient (Wildman–Crippen LogP) is 2.95. The molecule has 1 aromatic carbocycles. The van der Waals surface area contributed by atoms with E-state index in [4.69, 9.17) is 9.84 Å². The van der Waals surface area contributed by atoms with Gasteiger partial charge < -0.3 is 15.0 Å². The first-order valence-corrected chi connectivity index (χ1v) is 12.9. The van der Waals surface area contributed by atoms with Crippen LogP contribution in [0.5, 0.6) is 0 Å². The lowest BCUT2D eigenvalue weighted by molar-refractivity contribution is -0.119. The molecule has 9 nitrogen and oxygen atoms in total. The van der Waals surface area contributed by atoms with Crippen molar-refractivity contribution in [2.45, 2.75) is 58.6 Å². The maximum Gasteiger partial charge on any atom is 0.414 e. The summed E-state index contributed by atoms with van der Waals surface area (Å²) in [6.07, 6.45) is 3.45. The van der Waals surface area contributed by atoms with E-state index in [0.29, 0.717) is 19.1 Å². The lowest BCUT2D eigenvalue weighted by atomic mass is 10.0. The number of carbonyl (C=O) groups excluding carboxylic acids is 2. The second kappa shape index (κ2) is 9.89. The van der Waals surface area contributed by atoms with Gasteiger partial charge in [0.2, 0.25) is 5.91 Å². The van der Waals surface area contributed by atoms with Crippen molar-refractivity contribution in [3.63, 3.8) is 0 Å². The number of carbonyl (C=O) groups is 2. The zero-order valence-electron chi connectivity index (χ0n) is 21.0.